The normalized spacial score (nSPS) is 32.4. The maximum absolute atomic E-state index is 12.1. The van der Waals surface area contributed by atoms with Crippen molar-refractivity contribution in [1.82, 2.24) is 0 Å². The first-order valence-corrected chi connectivity index (χ1v) is 11.0. The van der Waals surface area contributed by atoms with Crippen LogP contribution in [0.3, 0.4) is 0 Å². The standard InChI is InChI=1S/C21H34O5S/c1-19(2)10-15-11-27-16(18(15)26-19)8-6-7-9-17(22)23-12-21(5)13-24-20(3,4)25-14-21/h8,15,18H,6-7,9-14H2,1-5H3/b16-8+/t15-,18-/m0/s1. The van der Waals surface area contributed by atoms with E-state index in [4.69, 9.17) is 18.9 Å². The Balaban J connectivity index is 1.34. The molecule has 3 rings (SSSR count). The molecule has 0 radical (unpaired) electrons. The fourth-order valence-corrected chi connectivity index (χ4v) is 5.14. The highest BCUT2D eigenvalue weighted by atomic mass is 32.2. The molecule has 0 unspecified atom stereocenters. The van der Waals surface area contributed by atoms with Gasteiger partial charge in [-0.15, -0.1) is 11.8 Å². The molecule has 3 fully saturated rings. The van der Waals surface area contributed by atoms with E-state index < -0.39 is 5.79 Å². The Kier molecular flexibility index (Phi) is 6.31. The summed E-state index contributed by atoms with van der Waals surface area (Å²) in [5, 5.41) is 0. The van der Waals surface area contributed by atoms with Crippen molar-refractivity contribution in [1.29, 1.82) is 0 Å². The number of hydrogen-bond acceptors (Lipinski definition) is 6. The Morgan fingerprint density at radius 3 is 2.63 bits per heavy atom. The molecule has 2 atom stereocenters. The maximum atomic E-state index is 12.1. The van der Waals surface area contributed by atoms with Gasteiger partial charge in [0.2, 0.25) is 0 Å². The van der Waals surface area contributed by atoms with Gasteiger partial charge in [-0.2, -0.15) is 0 Å². The summed E-state index contributed by atoms with van der Waals surface area (Å²) in [4.78, 5) is 13.4. The molecule has 0 amide bonds. The lowest BCUT2D eigenvalue weighted by molar-refractivity contribution is -0.287. The van der Waals surface area contributed by atoms with Crippen LogP contribution in [0.1, 0.15) is 60.3 Å². The van der Waals surface area contributed by atoms with Crippen molar-refractivity contribution >= 4 is 17.7 Å². The molecule has 3 saturated heterocycles. The molecule has 0 aromatic carbocycles. The Bertz CT molecular complexity index is 573. The van der Waals surface area contributed by atoms with Crippen LogP contribution < -0.4 is 0 Å². The molecule has 6 heteroatoms. The SMILES string of the molecule is CC1(COC(=O)CCC/C=C2/SC[C@@H]3CC(C)(C)O[C@H]23)COC(C)(C)OC1. The molecule has 0 aromatic heterocycles. The molecular formula is C21H34O5S. The quantitative estimate of drug-likeness (QED) is 0.491. The molecule has 3 aliphatic rings. The zero-order valence-corrected chi connectivity index (χ0v) is 18.2. The van der Waals surface area contributed by atoms with Crippen LogP contribution in [0.4, 0.5) is 0 Å². The van der Waals surface area contributed by atoms with E-state index in [0.717, 1.165) is 25.0 Å². The van der Waals surface area contributed by atoms with Crippen LogP contribution in [-0.2, 0) is 23.7 Å². The summed E-state index contributed by atoms with van der Waals surface area (Å²) in [5.74, 6) is 1.11. The molecule has 3 heterocycles. The minimum atomic E-state index is -0.549. The highest BCUT2D eigenvalue weighted by molar-refractivity contribution is 8.03. The third-order valence-electron chi connectivity index (χ3n) is 5.42. The summed E-state index contributed by atoms with van der Waals surface area (Å²) < 4.78 is 23.0. The number of carbonyl (C=O) groups is 1. The number of allylic oxidation sites excluding steroid dienone is 1. The number of rotatable bonds is 6. The number of fused-ring (bicyclic) bond motifs is 1. The average Bonchev–Trinajstić information content (AvgIpc) is 3.08. The number of hydrogen-bond donors (Lipinski definition) is 0. The van der Waals surface area contributed by atoms with Crippen LogP contribution >= 0.6 is 11.8 Å². The van der Waals surface area contributed by atoms with E-state index in [1.807, 2.05) is 32.5 Å². The van der Waals surface area contributed by atoms with Gasteiger partial charge in [-0.25, -0.2) is 0 Å². The highest BCUT2D eigenvalue weighted by Crippen LogP contribution is 2.48. The van der Waals surface area contributed by atoms with E-state index in [9.17, 15) is 4.79 Å². The van der Waals surface area contributed by atoms with Crippen molar-refractivity contribution in [3.63, 3.8) is 0 Å². The fraction of sp³-hybridized carbons (Fsp3) is 0.857. The summed E-state index contributed by atoms with van der Waals surface area (Å²) in [6, 6.07) is 0. The van der Waals surface area contributed by atoms with Gasteiger partial charge in [-0.05, 0) is 47.0 Å². The smallest absolute Gasteiger partial charge is 0.305 e. The van der Waals surface area contributed by atoms with E-state index in [2.05, 4.69) is 19.9 Å². The number of unbranched alkanes of at least 4 members (excludes halogenated alkanes) is 1. The van der Waals surface area contributed by atoms with Crippen LogP contribution in [0.5, 0.6) is 0 Å². The van der Waals surface area contributed by atoms with Crippen molar-refractivity contribution in [2.75, 3.05) is 25.6 Å². The first-order chi connectivity index (χ1) is 12.6. The second kappa shape index (κ2) is 8.05. The monoisotopic (exact) mass is 398 g/mol. The van der Waals surface area contributed by atoms with Gasteiger partial charge in [0.05, 0.1) is 24.9 Å². The summed E-state index contributed by atoms with van der Waals surface area (Å²) in [6.07, 6.45) is 5.81. The van der Waals surface area contributed by atoms with Gasteiger partial charge in [-0.1, -0.05) is 13.0 Å². The third kappa shape index (κ3) is 5.72. The molecule has 0 aromatic rings. The molecule has 0 bridgehead atoms. The van der Waals surface area contributed by atoms with E-state index in [1.165, 1.54) is 4.91 Å². The second-order valence-corrected chi connectivity index (χ2v) is 10.6. The Morgan fingerprint density at radius 1 is 1.22 bits per heavy atom. The molecule has 0 spiro atoms. The van der Waals surface area contributed by atoms with Crippen LogP contribution in [-0.4, -0.2) is 49.0 Å². The van der Waals surface area contributed by atoms with Crippen LogP contribution in [0.15, 0.2) is 11.0 Å². The lowest BCUT2D eigenvalue weighted by Crippen LogP contribution is -2.47. The first kappa shape index (κ1) is 21.2. The number of thioether (sulfide) groups is 1. The fourth-order valence-electron chi connectivity index (χ4n) is 3.80. The number of ether oxygens (including phenoxy) is 4. The number of esters is 1. The van der Waals surface area contributed by atoms with Gasteiger partial charge in [0.15, 0.2) is 5.79 Å². The van der Waals surface area contributed by atoms with Gasteiger partial charge >= 0.3 is 5.97 Å². The second-order valence-electron chi connectivity index (χ2n) is 9.52. The molecule has 0 N–H and O–H groups in total. The van der Waals surface area contributed by atoms with E-state index in [-0.39, 0.29) is 23.1 Å². The van der Waals surface area contributed by atoms with Gasteiger partial charge in [0, 0.05) is 28.4 Å². The lowest BCUT2D eigenvalue weighted by Gasteiger charge is -2.40. The average molecular weight is 399 g/mol. The zero-order chi connectivity index (χ0) is 19.7. The van der Waals surface area contributed by atoms with Gasteiger partial charge < -0.3 is 18.9 Å². The minimum absolute atomic E-state index is 0.00290. The van der Waals surface area contributed by atoms with E-state index in [0.29, 0.717) is 32.2 Å². The van der Waals surface area contributed by atoms with Gasteiger partial charge in [0.25, 0.3) is 0 Å². The van der Waals surface area contributed by atoms with Crippen molar-refractivity contribution in [2.45, 2.75) is 77.8 Å². The van der Waals surface area contributed by atoms with Gasteiger partial charge in [0.1, 0.15) is 6.61 Å². The summed E-state index contributed by atoms with van der Waals surface area (Å²) >= 11 is 1.91. The zero-order valence-electron chi connectivity index (χ0n) is 17.3. The van der Waals surface area contributed by atoms with Crippen molar-refractivity contribution in [3.05, 3.63) is 11.0 Å². The lowest BCUT2D eigenvalue weighted by atomic mass is 9.93. The molecule has 0 aliphatic carbocycles. The van der Waals surface area contributed by atoms with Crippen molar-refractivity contribution in [2.24, 2.45) is 11.3 Å². The highest BCUT2D eigenvalue weighted by Gasteiger charge is 2.45. The molecule has 27 heavy (non-hydrogen) atoms. The van der Waals surface area contributed by atoms with Crippen LogP contribution in [0.2, 0.25) is 0 Å². The Morgan fingerprint density at radius 2 is 1.93 bits per heavy atom. The molecule has 154 valence electrons. The summed E-state index contributed by atoms with van der Waals surface area (Å²) in [6.45, 7) is 11.6. The number of carbonyl (C=O) groups excluding carboxylic acids is 1. The van der Waals surface area contributed by atoms with Crippen LogP contribution in [0.25, 0.3) is 0 Å². The molecule has 5 nitrogen and oxygen atoms in total. The van der Waals surface area contributed by atoms with E-state index in [1.54, 1.807) is 0 Å². The predicted molar refractivity (Wildman–Crippen MR) is 107 cm³/mol. The predicted octanol–water partition coefficient (Wildman–Crippen LogP) is 4.30. The van der Waals surface area contributed by atoms with Gasteiger partial charge in [-0.3, -0.25) is 4.79 Å². The van der Waals surface area contributed by atoms with Crippen LogP contribution in [0, 0.1) is 11.3 Å². The van der Waals surface area contributed by atoms with Crippen molar-refractivity contribution in [3.8, 4) is 0 Å². The van der Waals surface area contributed by atoms with E-state index >= 15 is 0 Å². The maximum Gasteiger partial charge on any atom is 0.305 e. The Hall–Kier alpha value is -0.560. The topological polar surface area (TPSA) is 54.0 Å². The third-order valence-corrected chi connectivity index (χ3v) is 6.75. The molecular weight excluding hydrogens is 364 g/mol. The molecule has 3 aliphatic heterocycles. The van der Waals surface area contributed by atoms with Crippen molar-refractivity contribution < 1.29 is 23.7 Å². The largest absolute Gasteiger partial charge is 0.465 e. The first-order valence-electron chi connectivity index (χ1n) is 10.0. The summed E-state index contributed by atoms with van der Waals surface area (Å²) in [7, 11) is 0. The summed E-state index contributed by atoms with van der Waals surface area (Å²) in [5.41, 5.74) is -0.271. The Labute approximate surface area is 167 Å². The minimum Gasteiger partial charge on any atom is -0.465 e. The molecule has 0 saturated carbocycles.